The van der Waals surface area contributed by atoms with Crippen molar-refractivity contribution >= 4 is 78.0 Å². The van der Waals surface area contributed by atoms with Gasteiger partial charge in [0.05, 0.1) is 29.6 Å². The van der Waals surface area contributed by atoms with Crippen molar-refractivity contribution in [2.45, 2.75) is 79.6 Å². The largest absolute Gasteiger partial charge is 0.490 e. The highest BCUT2D eigenvalue weighted by Crippen LogP contribution is 2.52. The van der Waals surface area contributed by atoms with E-state index >= 15 is 0 Å². The zero-order chi connectivity index (χ0) is 40.2. The molecule has 3 aliphatic heterocycles. The first kappa shape index (κ1) is 36.9. The molecule has 4 nitrogen and oxygen atoms in total. The minimum atomic E-state index is -0.0279. The Morgan fingerprint density at radius 2 is 1.22 bits per heavy atom. The number of aryl methyl sites for hydroxylation is 3. The van der Waals surface area contributed by atoms with Crippen molar-refractivity contribution in [1.82, 2.24) is 0 Å². The summed E-state index contributed by atoms with van der Waals surface area (Å²) >= 11 is 1.91. The predicted molar refractivity (Wildman–Crippen MR) is 249 cm³/mol. The molecule has 0 atom stereocenters. The number of anilines is 6. The van der Waals surface area contributed by atoms with Crippen LogP contribution in [0.2, 0.25) is 0 Å². The lowest BCUT2D eigenvalue weighted by Crippen LogP contribution is -2.61. The van der Waals surface area contributed by atoms with Gasteiger partial charge in [0.25, 0.3) is 6.71 Å². The number of hydrogen-bond donors (Lipinski definition) is 0. The molecule has 0 saturated carbocycles. The smallest absolute Gasteiger partial charge is 0.254 e. The van der Waals surface area contributed by atoms with Crippen molar-refractivity contribution in [2.24, 2.45) is 0 Å². The number of fused-ring (bicyclic) bond motifs is 7. The van der Waals surface area contributed by atoms with Crippen molar-refractivity contribution in [3.63, 3.8) is 0 Å². The van der Waals surface area contributed by atoms with Crippen LogP contribution in [0.15, 0.2) is 109 Å². The van der Waals surface area contributed by atoms with E-state index in [4.69, 9.17) is 9.47 Å². The predicted octanol–water partition coefficient (Wildman–Crippen LogP) is 12.3. The number of nitrogens with zero attached hydrogens (tertiary/aromatic N) is 2. The minimum absolute atomic E-state index is 0.0207. The SMILES string of the molecule is Cc1cc2c3c(c1)N(c1c(C)cc(C(C)(C)C)cc1C)c1sc4ccccc4c1B3c1cc3c(cc1N2c1ccc(C(C)(C)C)cc1-c1ccccc1)OCCCO3. The number of hydrogen-bond acceptors (Lipinski definition) is 5. The minimum Gasteiger partial charge on any atom is -0.490 e. The van der Waals surface area contributed by atoms with Crippen molar-refractivity contribution in [1.29, 1.82) is 0 Å². The van der Waals surface area contributed by atoms with Gasteiger partial charge in [-0.3, -0.25) is 0 Å². The number of benzene rings is 6. The molecule has 1 aromatic heterocycles. The molecular weight excluding hydrogens is 727 g/mol. The summed E-state index contributed by atoms with van der Waals surface area (Å²) in [4.78, 5) is 5.16. The van der Waals surface area contributed by atoms with Gasteiger partial charge in [0, 0.05) is 39.8 Å². The summed E-state index contributed by atoms with van der Waals surface area (Å²) in [7, 11) is 0. The molecule has 0 amide bonds. The third-order valence-corrected chi connectivity index (χ3v) is 13.5. The molecule has 0 bridgehead atoms. The summed E-state index contributed by atoms with van der Waals surface area (Å²) in [5.41, 5.74) is 18.8. The molecule has 0 radical (unpaired) electrons. The van der Waals surface area contributed by atoms with E-state index in [2.05, 4.69) is 181 Å². The van der Waals surface area contributed by atoms with Gasteiger partial charge in [0.15, 0.2) is 11.5 Å². The lowest BCUT2D eigenvalue weighted by molar-refractivity contribution is 0.297. The van der Waals surface area contributed by atoms with Gasteiger partial charge in [-0.25, -0.2) is 0 Å². The molecule has 6 heteroatoms. The Kier molecular flexibility index (Phi) is 8.44. The van der Waals surface area contributed by atoms with Gasteiger partial charge in [-0.1, -0.05) is 108 Å². The second-order valence-corrected chi connectivity index (χ2v) is 19.6. The van der Waals surface area contributed by atoms with E-state index in [1.54, 1.807) is 0 Å². The van der Waals surface area contributed by atoms with Gasteiger partial charge in [-0.05, 0) is 123 Å². The number of rotatable bonds is 3. The van der Waals surface area contributed by atoms with Crippen LogP contribution in [0.5, 0.6) is 11.5 Å². The van der Waals surface area contributed by atoms with E-state index in [9.17, 15) is 0 Å². The molecule has 0 spiro atoms. The van der Waals surface area contributed by atoms with E-state index < -0.39 is 0 Å². The second-order valence-electron chi connectivity index (χ2n) is 18.6. The lowest BCUT2D eigenvalue weighted by atomic mass is 9.33. The average molecular weight is 779 g/mol. The van der Waals surface area contributed by atoms with Gasteiger partial charge < -0.3 is 19.3 Å². The van der Waals surface area contributed by atoms with E-state index in [1.807, 2.05) is 11.3 Å². The van der Waals surface area contributed by atoms with Crippen LogP contribution in [0.4, 0.5) is 33.4 Å². The molecule has 0 N–H and O–H groups in total. The van der Waals surface area contributed by atoms with Crippen LogP contribution in [0, 0.1) is 20.8 Å². The van der Waals surface area contributed by atoms with Crippen molar-refractivity contribution in [3.8, 4) is 22.6 Å². The molecule has 6 aromatic carbocycles. The molecule has 10 rings (SSSR count). The highest BCUT2D eigenvalue weighted by Gasteiger charge is 2.47. The third-order valence-electron chi connectivity index (χ3n) is 12.4. The standard InChI is InChI=1S/C52H51BN2O2S/c1-31-24-42-48-43(25-31)55(49-32(2)26-36(27-33(49)3)52(7,8)9)50-47(37-18-13-14-19-46(37)58-50)53(48)39-29-44-45(57-23-15-22-56-44)30-41(39)54(42)40-21-20-35(51(4,5)6)28-38(40)34-16-11-10-12-17-34/h10-14,16-21,24-30H,15,22-23H2,1-9H3. The molecule has 7 aromatic rings. The third kappa shape index (κ3) is 5.78. The fourth-order valence-electron chi connectivity index (χ4n) is 9.53. The lowest BCUT2D eigenvalue weighted by Gasteiger charge is -2.44. The van der Waals surface area contributed by atoms with Crippen LogP contribution in [-0.4, -0.2) is 19.9 Å². The zero-order valence-corrected chi connectivity index (χ0v) is 36.0. The summed E-state index contributed by atoms with van der Waals surface area (Å²) in [6.07, 6.45) is 0.851. The van der Waals surface area contributed by atoms with Gasteiger partial charge in [-0.15, -0.1) is 11.3 Å². The first-order valence-electron chi connectivity index (χ1n) is 20.8. The first-order chi connectivity index (χ1) is 27.8. The maximum absolute atomic E-state index is 6.52. The van der Waals surface area contributed by atoms with Crippen molar-refractivity contribution < 1.29 is 9.47 Å². The zero-order valence-electron chi connectivity index (χ0n) is 35.2. The Balaban J connectivity index is 1.34. The Labute approximate surface area is 348 Å². The first-order valence-corrected chi connectivity index (χ1v) is 21.6. The van der Waals surface area contributed by atoms with E-state index in [0.29, 0.717) is 13.2 Å². The molecular formula is C52H51BN2O2S. The normalized spacial score (nSPS) is 14.6. The molecule has 3 aliphatic rings. The molecule has 290 valence electrons. The van der Waals surface area contributed by atoms with Crippen LogP contribution in [0.25, 0.3) is 21.2 Å². The fraction of sp³-hybridized carbons (Fsp3) is 0.269. The number of thiophene rings is 1. The van der Waals surface area contributed by atoms with Crippen LogP contribution in [-0.2, 0) is 10.8 Å². The quantitative estimate of drug-likeness (QED) is 0.167. The molecule has 4 heterocycles. The van der Waals surface area contributed by atoms with Gasteiger partial charge in [0.1, 0.15) is 0 Å². The second kappa shape index (κ2) is 13.3. The average Bonchev–Trinajstić information content (AvgIpc) is 3.41. The van der Waals surface area contributed by atoms with Crippen LogP contribution < -0.4 is 35.7 Å². The van der Waals surface area contributed by atoms with E-state index in [-0.39, 0.29) is 17.5 Å². The summed E-state index contributed by atoms with van der Waals surface area (Å²) in [6, 6.07) is 41.3. The van der Waals surface area contributed by atoms with Gasteiger partial charge >= 0.3 is 0 Å². The Hall–Kier alpha value is -5.46. The number of ether oxygens (including phenoxy) is 2. The van der Waals surface area contributed by atoms with Gasteiger partial charge in [0.2, 0.25) is 0 Å². The Morgan fingerprint density at radius 3 is 1.91 bits per heavy atom. The maximum Gasteiger partial charge on any atom is 0.254 e. The monoisotopic (exact) mass is 778 g/mol. The molecule has 0 unspecified atom stereocenters. The maximum atomic E-state index is 6.52. The molecule has 0 fully saturated rings. The van der Waals surface area contributed by atoms with Crippen LogP contribution in [0.3, 0.4) is 0 Å². The summed E-state index contributed by atoms with van der Waals surface area (Å²) in [5, 5.41) is 2.60. The molecule has 58 heavy (non-hydrogen) atoms. The fourth-order valence-corrected chi connectivity index (χ4v) is 10.8. The van der Waals surface area contributed by atoms with Gasteiger partial charge in [-0.2, -0.15) is 0 Å². The topological polar surface area (TPSA) is 24.9 Å². The van der Waals surface area contributed by atoms with Crippen LogP contribution >= 0.6 is 11.3 Å². The Bertz CT molecular complexity index is 2770. The van der Waals surface area contributed by atoms with Crippen molar-refractivity contribution in [3.05, 3.63) is 137 Å². The summed E-state index contributed by atoms with van der Waals surface area (Å²) in [6.45, 7) is 21.9. The van der Waals surface area contributed by atoms with Crippen molar-refractivity contribution in [2.75, 3.05) is 23.0 Å². The van der Waals surface area contributed by atoms with E-state index in [1.165, 1.54) is 87.5 Å². The molecule has 0 aliphatic carbocycles. The Morgan fingerprint density at radius 1 is 0.586 bits per heavy atom. The highest BCUT2D eigenvalue weighted by atomic mass is 32.1. The summed E-state index contributed by atoms with van der Waals surface area (Å²) < 4.78 is 14.3. The summed E-state index contributed by atoms with van der Waals surface area (Å²) in [5.74, 6) is 1.64. The van der Waals surface area contributed by atoms with Crippen LogP contribution in [0.1, 0.15) is 75.8 Å². The highest BCUT2D eigenvalue weighted by molar-refractivity contribution is 7.26. The molecule has 0 saturated heterocycles. The van der Waals surface area contributed by atoms with E-state index in [0.717, 1.165) is 29.3 Å².